The van der Waals surface area contributed by atoms with Crippen molar-refractivity contribution in [2.45, 2.75) is 12.5 Å². The van der Waals surface area contributed by atoms with Gasteiger partial charge in [-0.15, -0.1) is 0 Å². The summed E-state index contributed by atoms with van der Waals surface area (Å²) in [5, 5.41) is 8.80. The van der Waals surface area contributed by atoms with E-state index in [1.807, 2.05) is 30.3 Å². The van der Waals surface area contributed by atoms with Crippen molar-refractivity contribution in [3.05, 3.63) is 35.9 Å². The molecule has 0 fully saturated rings. The Labute approximate surface area is 112 Å². The molecule has 0 aromatic heterocycles. The van der Waals surface area contributed by atoms with E-state index < -0.39 is 11.5 Å². The van der Waals surface area contributed by atoms with Crippen LogP contribution in [-0.4, -0.2) is 35.8 Å². The Morgan fingerprint density at radius 2 is 2.11 bits per heavy atom. The fraction of sp³-hybridized carbons (Fsp3) is 0.462. The molecule has 1 aromatic rings. The van der Waals surface area contributed by atoms with E-state index in [2.05, 4.69) is 0 Å². The van der Waals surface area contributed by atoms with E-state index in [4.69, 9.17) is 15.6 Å². The largest absolute Gasteiger partial charge is 0.464 e. The Kier molecular flexibility index (Phi) is 6.18. The van der Waals surface area contributed by atoms with Crippen LogP contribution in [-0.2, 0) is 15.1 Å². The fourth-order valence-corrected chi connectivity index (χ4v) is 2.43. The van der Waals surface area contributed by atoms with E-state index in [1.54, 1.807) is 6.92 Å². The number of thioether (sulfide) groups is 1. The lowest BCUT2D eigenvalue weighted by Crippen LogP contribution is -2.48. The van der Waals surface area contributed by atoms with Gasteiger partial charge in [-0.3, -0.25) is 0 Å². The summed E-state index contributed by atoms with van der Waals surface area (Å²) in [6, 6.07) is 9.18. The third kappa shape index (κ3) is 3.73. The van der Waals surface area contributed by atoms with Crippen molar-refractivity contribution in [1.82, 2.24) is 0 Å². The molecule has 0 saturated carbocycles. The van der Waals surface area contributed by atoms with Crippen molar-refractivity contribution in [1.29, 1.82) is 0 Å². The minimum Gasteiger partial charge on any atom is -0.464 e. The van der Waals surface area contributed by atoms with Crippen LogP contribution in [0.4, 0.5) is 0 Å². The quantitative estimate of drug-likeness (QED) is 0.573. The monoisotopic (exact) mass is 269 g/mol. The average molecular weight is 269 g/mol. The van der Waals surface area contributed by atoms with Crippen LogP contribution in [0.1, 0.15) is 12.5 Å². The molecular formula is C13H19NO3S. The molecule has 5 heteroatoms. The van der Waals surface area contributed by atoms with Gasteiger partial charge in [0.05, 0.1) is 13.2 Å². The number of hydrogen-bond donors (Lipinski definition) is 2. The number of rotatable bonds is 7. The van der Waals surface area contributed by atoms with Crippen LogP contribution in [0.25, 0.3) is 0 Å². The molecule has 0 heterocycles. The van der Waals surface area contributed by atoms with E-state index in [1.165, 1.54) is 11.8 Å². The van der Waals surface area contributed by atoms with Crippen molar-refractivity contribution >= 4 is 17.7 Å². The van der Waals surface area contributed by atoms with Crippen LogP contribution in [0.2, 0.25) is 0 Å². The highest BCUT2D eigenvalue weighted by Crippen LogP contribution is 2.24. The van der Waals surface area contributed by atoms with Gasteiger partial charge in [0.2, 0.25) is 0 Å². The van der Waals surface area contributed by atoms with Gasteiger partial charge in [-0.2, -0.15) is 11.8 Å². The molecule has 18 heavy (non-hydrogen) atoms. The summed E-state index contributed by atoms with van der Waals surface area (Å²) in [6.45, 7) is 2.12. The fourth-order valence-electron chi connectivity index (χ4n) is 1.55. The van der Waals surface area contributed by atoms with Crippen LogP contribution in [0.3, 0.4) is 0 Å². The first-order valence-electron chi connectivity index (χ1n) is 5.85. The zero-order valence-electron chi connectivity index (χ0n) is 10.5. The summed E-state index contributed by atoms with van der Waals surface area (Å²) in [7, 11) is 0. The van der Waals surface area contributed by atoms with Crippen molar-refractivity contribution in [2.24, 2.45) is 5.73 Å². The Balaban J connectivity index is 2.90. The molecule has 1 unspecified atom stereocenters. The molecular weight excluding hydrogens is 250 g/mol. The molecule has 100 valence electrons. The van der Waals surface area contributed by atoms with E-state index in [-0.39, 0.29) is 6.61 Å². The van der Waals surface area contributed by atoms with Crippen molar-refractivity contribution in [3.63, 3.8) is 0 Å². The molecule has 1 rings (SSSR count). The van der Waals surface area contributed by atoms with Crippen molar-refractivity contribution in [3.8, 4) is 0 Å². The van der Waals surface area contributed by atoms with Crippen LogP contribution in [0.5, 0.6) is 0 Å². The van der Waals surface area contributed by atoms with Crippen molar-refractivity contribution < 1.29 is 14.6 Å². The zero-order chi connectivity index (χ0) is 13.4. The molecule has 1 aromatic carbocycles. The predicted molar refractivity (Wildman–Crippen MR) is 73.4 cm³/mol. The number of esters is 1. The zero-order valence-corrected chi connectivity index (χ0v) is 11.3. The highest BCUT2D eigenvalue weighted by atomic mass is 32.2. The van der Waals surface area contributed by atoms with Crippen molar-refractivity contribution in [2.75, 3.05) is 24.7 Å². The summed E-state index contributed by atoms with van der Waals surface area (Å²) in [4.78, 5) is 12.0. The van der Waals surface area contributed by atoms with Gasteiger partial charge in [-0.1, -0.05) is 30.3 Å². The highest BCUT2D eigenvalue weighted by molar-refractivity contribution is 7.99. The second kappa shape index (κ2) is 7.41. The molecule has 3 N–H and O–H groups in total. The van der Waals surface area contributed by atoms with Gasteiger partial charge in [0.15, 0.2) is 0 Å². The number of nitrogens with two attached hydrogens (primary N) is 1. The summed E-state index contributed by atoms with van der Waals surface area (Å²) < 4.78 is 5.05. The maximum Gasteiger partial charge on any atom is 0.331 e. The molecule has 0 amide bonds. The van der Waals surface area contributed by atoms with Crippen LogP contribution in [0.15, 0.2) is 30.3 Å². The van der Waals surface area contributed by atoms with E-state index >= 15 is 0 Å². The smallest absolute Gasteiger partial charge is 0.331 e. The van der Waals surface area contributed by atoms with E-state index in [0.29, 0.717) is 18.1 Å². The van der Waals surface area contributed by atoms with E-state index in [9.17, 15) is 4.79 Å². The van der Waals surface area contributed by atoms with Gasteiger partial charge in [0, 0.05) is 11.5 Å². The lowest BCUT2D eigenvalue weighted by Gasteiger charge is -2.27. The summed E-state index contributed by atoms with van der Waals surface area (Å²) in [5.74, 6) is 0.503. The molecule has 0 bridgehead atoms. The topological polar surface area (TPSA) is 72.5 Å². The third-order valence-electron chi connectivity index (χ3n) is 2.49. The van der Waals surface area contributed by atoms with E-state index in [0.717, 1.165) is 5.56 Å². The predicted octanol–water partition coefficient (Wildman–Crippen LogP) is 1.13. The Hall–Kier alpha value is -1.04. The number of ether oxygens (including phenoxy) is 1. The number of carbonyl (C=O) groups is 1. The first-order chi connectivity index (χ1) is 8.65. The second-order valence-electron chi connectivity index (χ2n) is 3.83. The number of carbonyl (C=O) groups excluding carboxylic acids is 1. The lowest BCUT2D eigenvalue weighted by molar-refractivity contribution is -0.149. The summed E-state index contributed by atoms with van der Waals surface area (Å²) in [6.07, 6.45) is 0. The molecule has 0 spiro atoms. The number of aliphatic hydroxyl groups is 1. The van der Waals surface area contributed by atoms with Gasteiger partial charge < -0.3 is 15.6 Å². The minimum atomic E-state index is -1.16. The highest BCUT2D eigenvalue weighted by Gasteiger charge is 2.37. The SMILES string of the molecule is CCOC(=O)C(N)(CSCCO)c1ccccc1. The lowest BCUT2D eigenvalue weighted by atomic mass is 9.93. The third-order valence-corrected chi connectivity index (χ3v) is 3.62. The molecule has 0 radical (unpaired) electrons. The van der Waals surface area contributed by atoms with Gasteiger partial charge >= 0.3 is 5.97 Å². The maximum atomic E-state index is 12.0. The minimum absolute atomic E-state index is 0.0678. The average Bonchev–Trinajstić information content (AvgIpc) is 2.40. The molecule has 4 nitrogen and oxygen atoms in total. The summed E-state index contributed by atoms with van der Waals surface area (Å²) >= 11 is 1.43. The number of aliphatic hydroxyl groups excluding tert-OH is 1. The Morgan fingerprint density at radius 1 is 1.44 bits per heavy atom. The number of benzene rings is 1. The summed E-state index contributed by atoms with van der Waals surface area (Å²) in [5.41, 5.74) is 5.79. The van der Waals surface area contributed by atoms with Crippen LogP contribution >= 0.6 is 11.8 Å². The van der Waals surface area contributed by atoms with Gasteiger partial charge in [-0.05, 0) is 12.5 Å². The Morgan fingerprint density at radius 3 is 2.67 bits per heavy atom. The maximum absolute atomic E-state index is 12.0. The van der Waals surface area contributed by atoms with Crippen LogP contribution < -0.4 is 5.73 Å². The second-order valence-corrected chi connectivity index (χ2v) is 4.94. The van der Waals surface area contributed by atoms with Gasteiger partial charge in [-0.25, -0.2) is 4.79 Å². The first-order valence-corrected chi connectivity index (χ1v) is 7.01. The van der Waals surface area contributed by atoms with Gasteiger partial charge in [0.1, 0.15) is 5.54 Å². The number of hydrogen-bond acceptors (Lipinski definition) is 5. The van der Waals surface area contributed by atoms with Gasteiger partial charge in [0.25, 0.3) is 0 Å². The molecule has 0 aliphatic heterocycles. The Bertz CT molecular complexity index is 372. The standard InChI is InChI=1S/C13H19NO3S/c1-2-17-12(16)13(14,10-18-9-8-15)11-6-4-3-5-7-11/h3-7,15H,2,8-10,14H2,1H3. The first kappa shape index (κ1) is 15.0. The molecule has 0 saturated heterocycles. The molecule has 0 aliphatic carbocycles. The van der Waals surface area contributed by atoms with Crippen LogP contribution in [0, 0.1) is 0 Å². The molecule has 0 aliphatic rings. The molecule has 1 atom stereocenters. The normalized spacial score (nSPS) is 13.9.